The topological polar surface area (TPSA) is 104 Å². The number of hydrogen-bond donors (Lipinski definition) is 3. The molecule has 76 valence electrons. The second kappa shape index (κ2) is 3.49. The van der Waals surface area contributed by atoms with Crippen molar-refractivity contribution in [2.24, 2.45) is 5.92 Å². The van der Waals surface area contributed by atoms with E-state index in [1.807, 2.05) is 0 Å². The minimum Gasteiger partial charge on any atom is -0.481 e. The maximum atomic E-state index is 11.2. The summed E-state index contributed by atoms with van der Waals surface area (Å²) in [7, 11) is 0. The van der Waals surface area contributed by atoms with Crippen LogP contribution in [-0.2, 0) is 14.4 Å². The van der Waals surface area contributed by atoms with Gasteiger partial charge >= 0.3 is 11.9 Å². The largest absolute Gasteiger partial charge is 0.481 e. The second-order valence-electron chi connectivity index (χ2n) is 2.98. The lowest BCUT2D eigenvalue weighted by Crippen LogP contribution is -2.24. The number of hydrogen-bond acceptors (Lipinski definition) is 3. The third-order valence-electron chi connectivity index (χ3n) is 1.99. The third kappa shape index (κ3) is 1.73. The minimum absolute atomic E-state index is 0.155. The highest BCUT2D eigenvalue weighted by Gasteiger charge is 2.36. The first-order valence-corrected chi connectivity index (χ1v) is 3.90. The molecule has 0 aliphatic carbocycles. The lowest BCUT2D eigenvalue weighted by Gasteiger charge is -2.05. The van der Waals surface area contributed by atoms with Crippen LogP contribution in [0.1, 0.15) is 13.3 Å². The Morgan fingerprint density at radius 2 is 2.00 bits per heavy atom. The molecule has 0 aromatic rings. The molecule has 0 fully saturated rings. The Morgan fingerprint density at radius 3 is 2.43 bits per heavy atom. The molecule has 1 aliphatic heterocycles. The van der Waals surface area contributed by atoms with Crippen molar-refractivity contribution in [2.45, 2.75) is 13.3 Å². The van der Waals surface area contributed by atoms with Crippen molar-refractivity contribution >= 4 is 17.8 Å². The van der Waals surface area contributed by atoms with Crippen molar-refractivity contribution in [1.82, 2.24) is 5.32 Å². The number of allylic oxidation sites excluding steroid dienone is 1. The number of carboxylic acid groups (broad SMARTS) is 2. The monoisotopic (exact) mass is 199 g/mol. The highest BCUT2D eigenvalue weighted by atomic mass is 16.4. The normalized spacial score (nSPS) is 20.9. The summed E-state index contributed by atoms with van der Waals surface area (Å²) in [5.41, 5.74) is 0.0613. The molecule has 1 heterocycles. The van der Waals surface area contributed by atoms with E-state index in [9.17, 15) is 14.4 Å². The number of carbonyl (C=O) groups is 3. The molecule has 1 atom stereocenters. The second-order valence-corrected chi connectivity index (χ2v) is 2.98. The Labute approximate surface area is 79.2 Å². The molecule has 1 aliphatic rings. The predicted molar refractivity (Wildman–Crippen MR) is 44.2 cm³/mol. The van der Waals surface area contributed by atoms with E-state index < -0.39 is 30.2 Å². The molecule has 0 aromatic carbocycles. The van der Waals surface area contributed by atoms with Gasteiger partial charge in [-0.1, -0.05) is 0 Å². The fourth-order valence-electron chi connectivity index (χ4n) is 1.41. The van der Waals surface area contributed by atoms with Gasteiger partial charge in [-0.2, -0.15) is 0 Å². The van der Waals surface area contributed by atoms with E-state index in [-0.39, 0.29) is 11.3 Å². The Balaban J connectivity index is 2.97. The molecule has 3 N–H and O–H groups in total. The number of carbonyl (C=O) groups excluding carboxylic acids is 1. The van der Waals surface area contributed by atoms with Crippen molar-refractivity contribution in [3.8, 4) is 0 Å². The van der Waals surface area contributed by atoms with Crippen molar-refractivity contribution in [2.75, 3.05) is 0 Å². The maximum absolute atomic E-state index is 11.2. The lowest BCUT2D eigenvalue weighted by molar-refractivity contribution is -0.140. The molecule has 0 saturated heterocycles. The fraction of sp³-hybridized carbons (Fsp3) is 0.375. The van der Waals surface area contributed by atoms with E-state index >= 15 is 0 Å². The van der Waals surface area contributed by atoms with E-state index in [4.69, 9.17) is 10.2 Å². The van der Waals surface area contributed by atoms with Crippen molar-refractivity contribution in [3.63, 3.8) is 0 Å². The third-order valence-corrected chi connectivity index (χ3v) is 1.99. The van der Waals surface area contributed by atoms with Crippen LogP contribution in [0.2, 0.25) is 0 Å². The van der Waals surface area contributed by atoms with Crippen molar-refractivity contribution in [1.29, 1.82) is 0 Å². The summed E-state index contributed by atoms with van der Waals surface area (Å²) in [4.78, 5) is 32.2. The molecular formula is C8H9NO5. The van der Waals surface area contributed by atoms with E-state index in [0.29, 0.717) is 0 Å². The summed E-state index contributed by atoms with van der Waals surface area (Å²) in [5, 5.41) is 19.5. The van der Waals surface area contributed by atoms with E-state index in [1.165, 1.54) is 6.92 Å². The molecule has 6 heteroatoms. The van der Waals surface area contributed by atoms with Crippen LogP contribution in [0.3, 0.4) is 0 Å². The average Bonchev–Trinajstić information content (AvgIpc) is 2.25. The van der Waals surface area contributed by atoms with Gasteiger partial charge in [-0.05, 0) is 6.92 Å². The molecule has 1 unspecified atom stereocenters. The summed E-state index contributed by atoms with van der Waals surface area (Å²) in [5.74, 6) is -4.10. The number of carboxylic acids is 2. The Hall–Kier alpha value is -1.85. The van der Waals surface area contributed by atoms with Gasteiger partial charge in [-0.25, -0.2) is 4.79 Å². The highest BCUT2D eigenvalue weighted by molar-refractivity contribution is 6.02. The molecule has 14 heavy (non-hydrogen) atoms. The maximum Gasteiger partial charge on any atom is 0.334 e. The number of aliphatic carboxylic acids is 2. The molecule has 0 spiro atoms. The molecule has 1 amide bonds. The molecule has 1 rings (SSSR count). The highest BCUT2D eigenvalue weighted by Crippen LogP contribution is 2.24. The van der Waals surface area contributed by atoms with Crippen molar-refractivity contribution < 1.29 is 24.6 Å². The molecule has 0 radical (unpaired) electrons. The van der Waals surface area contributed by atoms with Crippen LogP contribution in [0.15, 0.2) is 11.3 Å². The van der Waals surface area contributed by atoms with Gasteiger partial charge in [0.15, 0.2) is 0 Å². The van der Waals surface area contributed by atoms with Crippen LogP contribution in [0.25, 0.3) is 0 Å². The smallest absolute Gasteiger partial charge is 0.334 e. The van der Waals surface area contributed by atoms with Crippen molar-refractivity contribution in [3.05, 3.63) is 11.3 Å². The quantitative estimate of drug-likeness (QED) is 0.572. The number of nitrogens with one attached hydrogen (secondary N) is 1. The van der Waals surface area contributed by atoms with Gasteiger partial charge in [0.25, 0.3) is 0 Å². The lowest BCUT2D eigenvalue weighted by atomic mass is 9.97. The summed E-state index contributed by atoms with van der Waals surface area (Å²) < 4.78 is 0. The zero-order valence-electron chi connectivity index (χ0n) is 7.40. The summed E-state index contributed by atoms with van der Waals surface area (Å²) in [6, 6.07) is 0. The van der Waals surface area contributed by atoms with Gasteiger partial charge in [0.1, 0.15) is 0 Å². The Bertz CT molecular complexity index is 344. The first-order chi connectivity index (χ1) is 6.43. The summed E-state index contributed by atoms with van der Waals surface area (Å²) in [6.07, 6.45) is -0.495. The van der Waals surface area contributed by atoms with Crippen LogP contribution in [0, 0.1) is 5.92 Å². The summed E-state index contributed by atoms with van der Waals surface area (Å²) in [6.45, 7) is 1.43. The van der Waals surface area contributed by atoms with E-state index in [1.54, 1.807) is 0 Å². The standard InChI is InChI=1S/C8H9NO5/c1-3-6(8(13)14)4(2-5(10)11)7(12)9-3/h4H,2H2,1H3,(H,9,12)(H,10,11)(H,13,14). The molecule has 0 bridgehead atoms. The predicted octanol–water partition coefficient (Wildman–Crippen LogP) is -0.434. The van der Waals surface area contributed by atoms with Gasteiger partial charge in [0, 0.05) is 5.70 Å². The Kier molecular flexibility index (Phi) is 2.55. The zero-order valence-corrected chi connectivity index (χ0v) is 7.40. The van der Waals surface area contributed by atoms with Crippen LogP contribution >= 0.6 is 0 Å². The molecule has 0 saturated carbocycles. The summed E-state index contributed by atoms with van der Waals surface area (Å²) >= 11 is 0. The average molecular weight is 199 g/mol. The van der Waals surface area contributed by atoms with Gasteiger partial charge < -0.3 is 15.5 Å². The van der Waals surface area contributed by atoms with Gasteiger partial charge in [-0.15, -0.1) is 0 Å². The number of rotatable bonds is 3. The fourth-order valence-corrected chi connectivity index (χ4v) is 1.41. The zero-order chi connectivity index (χ0) is 10.9. The minimum atomic E-state index is -1.26. The molecule has 6 nitrogen and oxygen atoms in total. The Morgan fingerprint density at radius 1 is 1.43 bits per heavy atom. The van der Waals surface area contributed by atoms with E-state index in [0.717, 1.165) is 0 Å². The number of amides is 1. The van der Waals surface area contributed by atoms with Crippen LogP contribution in [-0.4, -0.2) is 28.1 Å². The van der Waals surface area contributed by atoms with Gasteiger partial charge in [0.2, 0.25) is 5.91 Å². The first-order valence-electron chi connectivity index (χ1n) is 3.90. The SMILES string of the molecule is CC1=C(C(=O)O)C(CC(=O)O)C(=O)N1. The molecular weight excluding hydrogens is 190 g/mol. The van der Waals surface area contributed by atoms with E-state index in [2.05, 4.69) is 5.32 Å². The van der Waals surface area contributed by atoms with Crippen LogP contribution in [0.5, 0.6) is 0 Å². The first kappa shape index (κ1) is 10.2. The van der Waals surface area contributed by atoms with Gasteiger partial charge in [-0.3, -0.25) is 9.59 Å². The van der Waals surface area contributed by atoms with Gasteiger partial charge in [0.05, 0.1) is 17.9 Å². The van der Waals surface area contributed by atoms with Crippen LogP contribution in [0.4, 0.5) is 0 Å². The van der Waals surface area contributed by atoms with Crippen LogP contribution < -0.4 is 5.32 Å². The molecule has 0 aromatic heterocycles.